The highest BCUT2D eigenvalue weighted by molar-refractivity contribution is 5.97. The smallest absolute Gasteiger partial charge is 0.269 e. The Kier molecular flexibility index (Phi) is 3.60. The molecule has 0 aromatic heterocycles. The van der Waals surface area contributed by atoms with E-state index < -0.39 is 0 Å². The summed E-state index contributed by atoms with van der Waals surface area (Å²) in [6.07, 6.45) is 2.55. The monoisotopic (exact) mass is 328 g/mol. The van der Waals surface area contributed by atoms with E-state index in [-0.39, 0.29) is 28.6 Å². The number of fused-ring (bicyclic) bond motifs is 2. The van der Waals surface area contributed by atoms with Gasteiger partial charge < -0.3 is 0 Å². The summed E-state index contributed by atoms with van der Waals surface area (Å²) in [4.78, 5) is 25.6. The van der Waals surface area contributed by atoms with E-state index in [9.17, 15) is 14.9 Å². The number of hydrogen-bond acceptors (Lipinski definition) is 5. The molecule has 4 aliphatic heterocycles. The maximum Gasteiger partial charge on any atom is 0.269 e. The second-order valence-electron chi connectivity index (χ2n) is 6.67. The van der Waals surface area contributed by atoms with E-state index in [0.29, 0.717) is 12.3 Å². The van der Waals surface area contributed by atoms with Gasteiger partial charge in [0.15, 0.2) is 0 Å². The Morgan fingerprint density at radius 2 is 2.08 bits per heavy atom. The number of benzene rings is 1. The first-order valence-corrected chi connectivity index (χ1v) is 8.49. The van der Waals surface area contributed by atoms with Crippen LogP contribution < -0.4 is 0 Å². The van der Waals surface area contributed by atoms with E-state index in [1.807, 2.05) is 13.0 Å². The van der Waals surface area contributed by atoms with E-state index in [2.05, 4.69) is 10.0 Å². The number of nitro benzene ring substituents is 1. The maximum atomic E-state index is 12.5. The second kappa shape index (κ2) is 5.66. The molecule has 2 bridgehead atoms. The molecule has 3 saturated heterocycles. The minimum atomic E-state index is -0.389. The molecule has 1 aromatic carbocycles. The van der Waals surface area contributed by atoms with Gasteiger partial charge in [0.05, 0.1) is 16.7 Å². The van der Waals surface area contributed by atoms with Gasteiger partial charge in [-0.1, -0.05) is 19.1 Å². The average molecular weight is 328 g/mol. The number of amides is 1. The summed E-state index contributed by atoms with van der Waals surface area (Å²) in [5.74, 6) is 0.407. The van der Waals surface area contributed by atoms with Crippen LogP contribution in [0.1, 0.15) is 37.8 Å². The third-order valence-electron chi connectivity index (χ3n) is 5.41. The Morgan fingerprint density at radius 1 is 1.33 bits per heavy atom. The van der Waals surface area contributed by atoms with E-state index in [0.717, 1.165) is 37.2 Å². The predicted octanol–water partition coefficient (Wildman–Crippen LogP) is 2.34. The standard InChI is InChI=1S/C17H20N4O3/c1-2-14(22)20-16(12-4-3-5-13(10-12)21(23)24)17-15(18-20)11-6-8-19(17)9-7-11/h3-5,10-11,16-17H,2,6-9H2,1H3. The van der Waals surface area contributed by atoms with E-state index in [4.69, 9.17) is 0 Å². The molecule has 0 spiro atoms. The molecule has 2 unspecified atom stereocenters. The molecule has 7 nitrogen and oxygen atoms in total. The molecule has 3 fully saturated rings. The third kappa shape index (κ3) is 2.23. The molecule has 2 atom stereocenters. The van der Waals surface area contributed by atoms with Crippen molar-refractivity contribution in [3.63, 3.8) is 0 Å². The van der Waals surface area contributed by atoms with Gasteiger partial charge in [-0.3, -0.25) is 19.8 Å². The molecule has 0 aliphatic carbocycles. The van der Waals surface area contributed by atoms with E-state index >= 15 is 0 Å². The molecular formula is C17H20N4O3. The molecule has 1 aromatic rings. The molecule has 7 heteroatoms. The van der Waals surface area contributed by atoms with Crippen LogP contribution in [0.2, 0.25) is 0 Å². The number of carbonyl (C=O) groups is 1. The van der Waals surface area contributed by atoms with Crippen molar-refractivity contribution in [1.29, 1.82) is 0 Å². The lowest BCUT2D eigenvalue weighted by Crippen LogP contribution is -2.56. The lowest BCUT2D eigenvalue weighted by atomic mass is 9.78. The van der Waals surface area contributed by atoms with Crippen molar-refractivity contribution in [3.8, 4) is 0 Å². The van der Waals surface area contributed by atoms with Crippen molar-refractivity contribution in [1.82, 2.24) is 9.91 Å². The normalized spacial score (nSPS) is 30.9. The number of hydrogen-bond donors (Lipinski definition) is 0. The van der Waals surface area contributed by atoms with E-state index in [1.165, 1.54) is 6.07 Å². The van der Waals surface area contributed by atoms with Gasteiger partial charge in [0.1, 0.15) is 6.04 Å². The molecule has 4 heterocycles. The molecule has 1 amide bonds. The average Bonchev–Trinajstić information content (AvgIpc) is 3.04. The molecule has 5 rings (SSSR count). The predicted molar refractivity (Wildman–Crippen MR) is 88.5 cm³/mol. The summed E-state index contributed by atoms with van der Waals surface area (Å²) in [7, 11) is 0. The summed E-state index contributed by atoms with van der Waals surface area (Å²) >= 11 is 0. The Bertz CT molecular complexity index is 724. The van der Waals surface area contributed by atoms with Crippen molar-refractivity contribution >= 4 is 17.3 Å². The van der Waals surface area contributed by atoms with Crippen molar-refractivity contribution in [2.75, 3.05) is 13.1 Å². The summed E-state index contributed by atoms with van der Waals surface area (Å²) in [6, 6.07) is 6.44. The van der Waals surface area contributed by atoms with Gasteiger partial charge in [-0.2, -0.15) is 5.10 Å². The Morgan fingerprint density at radius 3 is 2.75 bits per heavy atom. The van der Waals surface area contributed by atoms with Crippen molar-refractivity contribution in [3.05, 3.63) is 39.9 Å². The number of nitrogens with zero attached hydrogens (tertiary/aromatic N) is 4. The first-order valence-electron chi connectivity index (χ1n) is 8.49. The summed E-state index contributed by atoms with van der Waals surface area (Å²) < 4.78 is 0. The minimum Gasteiger partial charge on any atom is -0.293 e. The van der Waals surface area contributed by atoms with Crippen LogP contribution in [0.25, 0.3) is 0 Å². The topological polar surface area (TPSA) is 79.0 Å². The van der Waals surface area contributed by atoms with Crippen LogP contribution >= 0.6 is 0 Å². The van der Waals surface area contributed by atoms with Crippen LogP contribution in [0.4, 0.5) is 5.69 Å². The largest absolute Gasteiger partial charge is 0.293 e. The van der Waals surface area contributed by atoms with Crippen LogP contribution in [0, 0.1) is 16.0 Å². The second-order valence-corrected chi connectivity index (χ2v) is 6.67. The molecule has 4 aliphatic rings. The number of carbonyl (C=O) groups excluding carboxylic acids is 1. The van der Waals surface area contributed by atoms with Gasteiger partial charge in [-0.05, 0) is 31.5 Å². The fourth-order valence-electron chi connectivity index (χ4n) is 4.24. The van der Waals surface area contributed by atoms with Gasteiger partial charge >= 0.3 is 0 Å². The van der Waals surface area contributed by atoms with Gasteiger partial charge in [0.25, 0.3) is 5.69 Å². The summed E-state index contributed by atoms with van der Waals surface area (Å²) in [5, 5.41) is 17.4. The Balaban J connectivity index is 1.78. The lowest BCUT2D eigenvalue weighted by Gasteiger charge is -2.46. The first kappa shape index (κ1) is 15.3. The van der Waals surface area contributed by atoms with Crippen LogP contribution in [0.3, 0.4) is 0 Å². The zero-order valence-corrected chi connectivity index (χ0v) is 13.6. The zero-order valence-electron chi connectivity index (χ0n) is 13.6. The van der Waals surface area contributed by atoms with Crippen molar-refractivity contribution in [2.24, 2.45) is 11.0 Å². The number of piperidine rings is 3. The quantitative estimate of drug-likeness (QED) is 0.630. The fourth-order valence-corrected chi connectivity index (χ4v) is 4.24. The molecular weight excluding hydrogens is 308 g/mol. The third-order valence-corrected chi connectivity index (χ3v) is 5.41. The first-order chi connectivity index (χ1) is 11.6. The number of rotatable bonds is 3. The SMILES string of the molecule is CCC(=O)N1N=C2C3CCN(CC3)C2C1c1cccc([N+](=O)[O-])c1. The minimum absolute atomic E-state index is 0.0333. The highest BCUT2D eigenvalue weighted by Gasteiger charge is 2.51. The Labute approximate surface area is 140 Å². The lowest BCUT2D eigenvalue weighted by molar-refractivity contribution is -0.385. The number of nitro groups is 1. The fraction of sp³-hybridized carbons (Fsp3) is 0.529. The van der Waals surface area contributed by atoms with Crippen LogP contribution in [-0.4, -0.2) is 45.6 Å². The molecule has 24 heavy (non-hydrogen) atoms. The summed E-state index contributed by atoms with van der Waals surface area (Å²) in [5.41, 5.74) is 1.94. The molecule has 0 radical (unpaired) electrons. The van der Waals surface area contributed by atoms with Gasteiger partial charge in [-0.15, -0.1) is 0 Å². The van der Waals surface area contributed by atoms with Crippen molar-refractivity contribution in [2.45, 2.75) is 38.3 Å². The number of non-ortho nitro benzene ring substituents is 1. The van der Waals surface area contributed by atoms with Crippen molar-refractivity contribution < 1.29 is 9.72 Å². The van der Waals surface area contributed by atoms with Crippen LogP contribution in [0.5, 0.6) is 0 Å². The molecule has 0 N–H and O–H groups in total. The van der Waals surface area contributed by atoms with Gasteiger partial charge in [0.2, 0.25) is 5.91 Å². The molecule has 0 saturated carbocycles. The summed E-state index contributed by atoms with van der Waals surface area (Å²) in [6.45, 7) is 3.84. The zero-order chi connectivity index (χ0) is 16.8. The van der Waals surface area contributed by atoms with E-state index in [1.54, 1.807) is 17.1 Å². The molecule has 126 valence electrons. The highest BCUT2D eigenvalue weighted by Crippen LogP contribution is 2.43. The van der Waals surface area contributed by atoms with Gasteiger partial charge in [0, 0.05) is 24.5 Å². The van der Waals surface area contributed by atoms with Gasteiger partial charge in [-0.25, -0.2) is 5.01 Å². The highest BCUT2D eigenvalue weighted by atomic mass is 16.6. The maximum absolute atomic E-state index is 12.5. The number of hydrazone groups is 1. The van der Waals surface area contributed by atoms with Crippen LogP contribution in [0.15, 0.2) is 29.4 Å². The van der Waals surface area contributed by atoms with Crippen LogP contribution in [-0.2, 0) is 4.79 Å². The Hall–Kier alpha value is -2.28.